The molecule has 4 aromatic rings. The van der Waals surface area contributed by atoms with E-state index in [1.54, 1.807) is 27.6 Å². The van der Waals surface area contributed by atoms with Gasteiger partial charge < -0.3 is 9.80 Å². The van der Waals surface area contributed by atoms with Crippen molar-refractivity contribution >= 4 is 35.0 Å². The van der Waals surface area contributed by atoms with Gasteiger partial charge in [-0.15, -0.1) is 22.7 Å². The van der Waals surface area contributed by atoms with Crippen LogP contribution in [0.5, 0.6) is 0 Å². The summed E-state index contributed by atoms with van der Waals surface area (Å²) in [6.45, 7) is 6.90. The largest absolute Gasteiger partial charge is 0.339 e. The highest BCUT2D eigenvalue weighted by Gasteiger charge is 2.22. The lowest BCUT2D eigenvalue weighted by atomic mass is 9.86. The van der Waals surface area contributed by atoms with Crippen molar-refractivity contribution in [2.75, 3.05) is 13.1 Å². The first-order valence-electron chi connectivity index (χ1n) is 15.6. The zero-order valence-electron chi connectivity index (χ0n) is 25.3. The Kier molecular flexibility index (Phi) is 11.1. The minimum absolute atomic E-state index is 0.285. The molecule has 0 aliphatic heterocycles. The van der Waals surface area contributed by atoms with Gasteiger partial charge in [-0.1, -0.05) is 81.6 Å². The van der Waals surface area contributed by atoms with Gasteiger partial charge in [0.15, 0.2) is 0 Å². The molecule has 0 spiro atoms. The molecule has 5 rings (SSSR count). The second-order valence-corrected chi connectivity index (χ2v) is 13.7. The third-order valence-corrected chi connectivity index (χ3v) is 10.2. The van der Waals surface area contributed by atoms with E-state index in [9.17, 15) is 9.59 Å². The quantitative estimate of drug-likeness (QED) is 0.133. The van der Waals surface area contributed by atoms with E-state index in [1.807, 2.05) is 17.3 Å². The molecule has 0 N–H and O–H groups in total. The van der Waals surface area contributed by atoms with Crippen LogP contribution in [0.1, 0.15) is 75.2 Å². The standard InChI is InChI=1S/C35H42N4O2S2/c1-3-18-38(25-40)23-33-36-21-31(42-33)29-14-10-27(11-15-29)28-12-16-30(17-13-28)32-22-37-34(43-32)24-39(19-4-2)35(41)20-26-8-6-5-7-9-26/h10-17,21-22,25-26H,3-9,18-20,23-24H2,1-2H3. The monoisotopic (exact) mass is 614 g/mol. The van der Waals surface area contributed by atoms with Crippen LogP contribution < -0.4 is 0 Å². The number of carbonyl (C=O) groups excluding carboxylic acids is 2. The molecule has 0 unspecified atom stereocenters. The first-order chi connectivity index (χ1) is 21.1. The number of rotatable bonds is 14. The van der Waals surface area contributed by atoms with Crippen LogP contribution in [0.25, 0.3) is 32.0 Å². The molecule has 1 aliphatic carbocycles. The Bertz CT molecular complexity index is 1460. The zero-order chi connectivity index (χ0) is 30.0. The van der Waals surface area contributed by atoms with E-state index in [-0.39, 0.29) is 5.91 Å². The summed E-state index contributed by atoms with van der Waals surface area (Å²) in [5.41, 5.74) is 4.59. The Labute approximate surface area is 263 Å². The summed E-state index contributed by atoms with van der Waals surface area (Å²) in [4.78, 5) is 39.6. The summed E-state index contributed by atoms with van der Waals surface area (Å²) in [5.74, 6) is 0.840. The summed E-state index contributed by atoms with van der Waals surface area (Å²) in [5, 5.41) is 1.95. The number of hydrogen-bond acceptors (Lipinski definition) is 6. The predicted molar refractivity (Wildman–Crippen MR) is 178 cm³/mol. The second-order valence-electron chi connectivity index (χ2n) is 11.5. The van der Waals surface area contributed by atoms with Gasteiger partial charge in [0.25, 0.3) is 0 Å². The van der Waals surface area contributed by atoms with E-state index < -0.39 is 0 Å². The van der Waals surface area contributed by atoms with Gasteiger partial charge in [-0.05, 0) is 53.9 Å². The number of nitrogens with zero attached hydrogens (tertiary/aromatic N) is 4. The smallest absolute Gasteiger partial charge is 0.223 e. The zero-order valence-corrected chi connectivity index (χ0v) is 27.0. The molecule has 0 saturated heterocycles. The third kappa shape index (κ3) is 8.39. The summed E-state index contributed by atoms with van der Waals surface area (Å²) >= 11 is 3.32. The maximum Gasteiger partial charge on any atom is 0.223 e. The second kappa shape index (κ2) is 15.4. The van der Waals surface area contributed by atoms with Gasteiger partial charge in [-0.2, -0.15) is 0 Å². The molecule has 0 atom stereocenters. The van der Waals surface area contributed by atoms with E-state index in [1.165, 1.54) is 32.1 Å². The van der Waals surface area contributed by atoms with Crippen molar-refractivity contribution in [3.05, 3.63) is 70.9 Å². The molecular weight excluding hydrogens is 573 g/mol. The molecule has 2 heterocycles. The van der Waals surface area contributed by atoms with E-state index in [0.29, 0.717) is 25.4 Å². The molecule has 0 bridgehead atoms. The van der Waals surface area contributed by atoms with Gasteiger partial charge in [0.05, 0.1) is 22.8 Å². The van der Waals surface area contributed by atoms with Crippen molar-refractivity contribution < 1.29 is 9.59 Å². The molecule has 43 heavy (non-hydrogen) atoms. The number of aromatic nitrogens is 2. The van der Waals surface area contributed by atoms with Crippen molar-refractivity contribution in [2.45, 2.75) is 78.3 Å². The Hall–Kier alpha value is -3.36. The number of carbonyl (C=O) groups is 2. The normalized spacial score (nSPS) is 13.6. The summed E-state index contributed by atoms with van der Waals surface area (Å²) < 4.78 is 0. The lowest BCUT2D eigenvalue weighted by molar-refractivity contribution is -0.133. The number of benzene rings is 2. The lowest BCUT2D eigenvalue weighted by Gasteiger charge is -2.26. The first-order valence-corrected chi connectivity index (χ1v) is 17.3. The third-order valence-electron chi connectivity index (χ3n) is 8.14. The van der Waals surface area contributed by atoms with Gasteiger partial charge in [0.1, 0.15) is 10.0 Å². The van der Waals surface area contributed by atoms with Crippen molar-refractivity contribution in [3.8, 4) is 32.0 Å². The van der Waals surface area contributed by atoms with Crippen LogP contribution in [-0.2, 0) is 22.7 Å². The maximum atomic E-state index is 13.1. The summed E-state index contributed by atoms with van der Waals surface area (Å²) in [6, 6.07) is 17.2. The molecule has 1 fully saturated rings. The molecule has 226 valence electrons. The summed E-state index contributed by atoms with van der Waals surface area (Å²) in [7, 11) is 0. The van der Waals surface area contributed by atoms with Crippen molar-refractivity contribution in [3.63, 3.8) is 0 Å². The number of amides is 2. The van der Waals surface area contributed by atoms with Crippen LogP contribution in [0.4, 0.5) is 0 Å². The van der Waals surface area contributed by atoms with Crippen LogP contribution in [0.3, 0.4) is 0 Å². The number of thiazole rings is 2. The molecule has 2 aromatic carbocycles. The molecule has 2 amide bonds. The van der Waals surface area contributed by atoms with Gasteiger partial charge in [-0.25, -0.2) is 9.97 Å². The Morgan fingerprint density at radius 3 is 1.79 bits per heavy atom. The van der Waals surface area contributed by atoms with Crippen LogP contribution in [0.2, 0.25) is 0 Å². The Morgan fingerprint density at radius 2 is 1.28 bits per heavy atom. The fourth-order valence-corrected chi connectivity index (χ4v) is 7.70. The molecule has 6 nitrogen and oxygen atoms in total. The molecular formula is C35H42N4O2S2. The average molecular weight is 615 g/mol. The highest BCUT2D eigenvalue weighted by atomic mass is 32.1. The molecule has 8 heteroatoms. The predicted octanol–water partition coefficient (Wildman–Crippen LogP) is 8.68. The Morgan fingerprint density at radius 1 is 0.767 bits per heavy atom. The first kappa shape index (κ1) is 31.1. The molecule has 1 aliphatic rings. The minimum Gasteiger partial charge on any atom is -0.339 e. The molecule has 0 radical (unpaired) electrons. The number of hydrogen-bond donors (Lipinski definition) is 0. The highest BCUT2D eigenvalue weighted by Crippen LogP contribution is 2.32. The van der Waals surface area contributed by atoms with E-state index >= 15 is 0 Å². The van der Waals surface area contributed by atoms with Crippen LogP contribution >= 0.6 is 22.7 Å². The lowest BCUT2D eigenvalue weighted by Crippen LogP contribution is -2.32. The maximum absolute atomic E-state index is 13.1. The van der Waals surface area contributed by atoms with Gasteiger partial charge in [0, 0.05) is 31.9 Å². The molecule has 2 aromatic heterocycles. The minimum atomic E-state index is 0.285. The van der Waals surface area contributed by atoms with E-state index in [0.717, 1.165) is 74.4 Å². The topological polar surface area (TPSA) is 66.4 Å². The van der Waals surface area contributed by atoms with Crippen molar-refractivity contribution in [1.29, 1.82) is 0 Å². The fraction of sp³-hybridized carbons (Fsp3) is 0.429. The molecule has 1 saturated carbocycles. The van der Waals surface area contributed by atoms with E-state index in [4.69, 9.17) is 4.98 Å². The van der Waals surface area contributed by atoms with Crippen LogP contribution in [0.15, 0.2) is 60.9 Å². The van der Waals surface area contributed by atoms with Crippen LogP contribution in [0, 0.1) is 5.92 Å². The van der Waals surface area contributed by atoms with E-state index in [2.05, 4.69) is 67.4 Å². The Balaban J connectivity index is 1.20. The van der Waals surface area contributed by atoms with Crippen LogP contribution in [-0.4, -0.2) is 45.2 Å². The van der Waals surface area contributed by atoms with Gasteiger partial charge in [0.2, 0.25) is 12.3 Å². The van der Waals surface area contributed by atoms with Gasteiger partial charge in [-0.3, -0.25) is 9.59 Å². The highest BCUT2D eigenvalue weighted by molar-refractivity contribution is 7.15. The average Bonchev–Trinajstić information content (AvgIpc) is 3.71. The van der Waals surface area contributed by atoms with Gasteiger partial charge >= 0.3 is 0 Å². The van der Waals surface area contributed by atoms with Crippen molar-refractivity contribution in [2.24, 2.45) is 5.92 Å². The van der Waals surface area contributed by atoms with Crippen molar-refractivity contribution in [1.82, 2.24) is 19.8 Å². The SMILES string of the molecule is CCCN(C=O)Cc1ncc(-c2ccc(-c3ccc(-c4cnc(CN(CCC)C(=O)CC5CCCCC5)s4)cc3)cc2)s1. The fourth-order valence-electron chi connectivity index (χ4n) is 5.81. The summed E-state index contributed by atoms with van der Waals surface area (Å²) in [6.07, 6.45) is 13.6.